The van der Waals surface area contributed by atoms with Gasteiger partial charge >= 0.3 is 0 Å². The van der Waals surface area contributed by atoms with Gasteiger partial charge in [-0.15, -0.1) is 0 Å². The summed E-state index contributed by atoms with van der Waals surface area (Å²) in [6.45, 7) is 6.37. The van der Waals surface area contributed by atoms with E-state index < -0.39 is 0 Å². The van der Waals surface area contributed by atoms with Gasteiger partial charge in [0.15, 0.2) is 0 Å². The Bertz CT molecular complexity index is 565. The van der Waals surface area contributed by atoms with Crippen LogP contribution in [0.4, 0.5) is 0 Å². The Labute approximate surface area is 115 Å². The molecule has 1 heterocycles. The van der Waals surface area contributed by atoms with Crippen molar-refractivity contribution in [2.24, 2.45) is 0 Å². The zero-order valence-corrected chi connectivity index (χ0v) is 11.9. The molecule has 0 bridgehead atoms. The first-order valence-corrected chi connectivity index (χ1v) is 7.39. The van der Waals surface area contributed by atoms with Crippen LogP contribution in [0.2, 0.25) is 0 Å². The molecular weight excluding hydrogens is 234 g/mol. The number of benzene rings is 1. The lowest BCUT2D eigenvalue weighted by molar-refractivity contribution is 0.500. The smallest absolute Gasteiger partial charge is 0.0958 e. The SMILES string of the molecule is Cc1cc2ncn(CCNC3CCCC3)c2cc1C. The van der Waals surface area contributed by atoms with Crippen molar-refractivity contribution in [1.29, 1.82) is 0 Å². The van der Waals surface area contributed by atoms with E-state index in [0.29, 0.717) is 0 Å². The first kappa shape index (κ1) is 12.7. The summed E-state index contributed by atoms with van der Waals surface area (Å²) < 4.78 is 2.27. The molecule has 0 amide bonds. The monoisotopic (exact) mass is 257 g/mol. The molecule has 1 fully saturated rings. The van der Waals surface area contributed by atoms with Crippen molar-refractivity contribution in [3.8, 4) is 0 Å². The highest BCUT2D eigenvalue weighted by Gasteiger charge is 2.13. The number of nitrogens with one attached hydrogen (secondary N) is 1. The second-order valence-electron chi connectivity index (χ2n) is 5.80. The summed E-state index contributed by atoms with van der Waals surface area (Å²) in [4.78, 5) is 4.51. The first-order chi connectivity index (χ1) is 9.24. The van der Waals surface area contributed by atoms with E-state index in [9.17, 15) is 0 Å². The third-order valence-electron chi connectivity index (χ3n) is 4.38. The summed E-state index contributed by atoms with van der Waals surface area (Å²) in [5.41, 5.74) is 5.04. The lowest BCUT2D eigenvalue weighted by atomic mass is 10.1. The fourth-order valence-corrected chi connectivity index (χ4v) is 3.01. The van der Waals surface area contributed by atoms with Crippen LogP contribution in [0.3, 0.4) is 0 Å². The molecule has 1 aliphatic carbocycles. The summed E-state index contributed by atoms with van der Waals surface area (Å²) in [5, 5.41) is 3.66. The second-order valence-corrected chi connectivity index (χ2v) is 5.80. The van der Waals surface area contributed by atoms with E-state index in [2.05, 4.69) is 40.8 Å². The lowest BCUT2D eigenvalue weighted by Gasteiger charge is -2.12. The molecule has 3 rings (SSSR count). The molecule has 1 saturated carbocycles. The van der Waals surface area contributed by atoms with E-state index in [1.807, 2.05) is 6.33 Å². The van der Waals surface area contributed by atoms with Crippen molar-refractivity contribution in [1.82, 2.24) is 14.9 Å². The molecule has 2 aromatic rings. The van der Waals surface area contributed by atoms with Crippen molar-refractivity contribution in [3.05, 3.63) is 29.6 Å². The molecule has 3 nitrogen and oxygen atoms in total. The van der Waals surface area contributed by atoms with Crippen molar-refractivity contribution >= 4 is 11.0 Å². The second kappa shape index (κ2) is 5.33. The number of hydrogen-bond donors (Lipinski definition) is 1. The molecule has 1 N–H and O–H groups in total. The number of rotatable bonds is 4. The zero-order valence-electron chi connectivity index (χ0n) is 11.9. The van der Waals surface area contributed by atoms with Gasteiger partial charge in [-0.25, -0.2) is 4.98 Å². The number of aryl methyl sites for hydroxylation is 2. The Morgan fingerprint density at radius 3 is 2.74 bits per heavy atom. The Morgan fingerprint density at radius 2 is 1.95 bits per heavy atom. The zero-order chi connectivity index (χ0) is 13.2. The molecule has 102 valence electrons. The summed E-state index contributed by atoms with van der Waals surface area (Å²) in [6.07, 6.45) is 7.46. The van der Waals surface area contributed by atoms with Crippen LogP contribution in [0, 0.1) is 13.8 Å². The van der Waals surface area contributed by atoms with Crippen molar-refractivity contribution in [2.45, 2.75) is 52.1 Å². The van der Waals surface area contributed by atoms with Gasteiger partial charge in [0.05, 0.1) is 17.4 Å². The average Bonchev–Trinajstić information content (AvgIpc) is 3.02. The summed E-state index contributed by atoms with van der Waals surface area (Å²) in [5.74, 6) is 0. The summed E-state index contributed by atoms with van der Waals surface area (Å²) >= 11 is 0. The van der Waals surface area contributed by atoms with Gasteiger partial charge in [0.2, 0.25) is 0 Å². The molecule has 3 heteroatoms. The molecule has 19 heavy (non-hydrogen) atoms. The minimum atomic E-state index is 0.749. The van der Waals surface area contributed by atoms with E-state index in [-0.39, 0.29) is 0 Å². The van der Waals surface area contributed by atoms with Crippen molar-refractivity contribution < 1.29 is 0 Å². The molecule has 0 saturated heterocycles. The van der Waals surface area contributed by atoms with Gasteiger partial charge in [-0.05, 0) is 49.9 Å². The fourth-order valence-electron chi connectivity index (χ4n) is 3.01. The molecule has 1 aromatic carbocycles. The minimum absolute atomic E-state index is 0.749. The summed E-state index contributed by atoms with van der Waals surface area (Å²) in [6, 6.07) is 5.19. The molecule has 0 aliphatic heterocycles. The van der Waals surface area contributed by atoms with E-state index in [4.69, 9.17) is 0 Å². The Balaban J connectivity index is 1.68. The van der Waals surface area contributed by atoms with Gasteiger partial charge in [0, 0.05) is 19.1 Å². The van der Waals surface area contributed by atoms with Gasteiger partial charge in [-0.1, -0.05) is 12.8 Å². The molecule has 1 aliphatic rings. The highest BCUT2D eigenvalue weighted by atomic mass is 15.1. The highest BCUT2D eigenvalue weighted by molar-refractivity contribution is 5.77. The maximum atomic E-state index is 4.51. The molecule has 0 spiro atoms. The molecule has 1 aromatic heterocycles. The number of imidazole rings is 1. The van der Waals surface area contributed by atoms with E-state index in [1.54, 1.807) is 0 Å². The van der Waals surface area contributed by atoms with Crippen LogP contribution in [0.5, 0.6) is 0 Å². The maximum Gasteiger partial charge on any atom is 0.0958 e. The van der Waals surface area contributed by atoms with Crippen LogP contribution < -0.4 is 5.32 Å². The Hall–Kier alpha value is -1.35. The fraction of sp³-hybridized carbons (Fsp3) is 0.562. The predicted octanol–water partition coefficient (Wildman–Crippen LogP) is 3.19. The van der Waals surface area contributed by atoms with Gasteiger partial charge in [0.25, 0.3) is 0 Å². The average molecular weight is 257 g/mol. The van der Waals surface area contributed by atoms with Crippen molar-refractivity contribution in [3.63, 3.8) is 0 Å². The molecule has 0 unspecified atom stereocenters. The third-order valence-corrected chi connectivity index (χ3v) is 4.38. The molecule has 0 radical (unpaired) electrons. The largest absolute Gasteiger partial charge is 0.329 e. The van der Waals surface area contributed by atoms with E-state index in [1.165, 1.54) is 42.3 Å². The van der Waals surface area contributed by atoms with E-state index >= 15 is 0 Å². The number of fused-ring (bicyclic) bond motifs is 1. The Morgan fingerprint density at radius 1 is 1.21 bits per heavy atom. The topological polar surface area (TPSA) is 29.9 Å². The maximum absolute atomic E-state index is 4.51. The first-order valence-electron chi connectivity index (χ1n) is 7.39. The highest BCUT2D eigenvalue weighted by Crippen LogP contribution is 2.19. The van der Waals surface area contributed by atoms with Crippen LogP contribution in [-0.2, 0) is 6.54 Å². The van der Waals surface area contributed by atoms with Gasteiger partial charge in [0.1, 0.15) is 0 Å². The molecular formula is C16H23N3. The predicted molar refractivity (Wildman–Crippen MR) is 79.5 cm³/mol. The molecule has 0 atom stereocenters. The van der Waals surface area contributed by atoms with Crippen LogP contribution in [0.1, 0.15) is 36.8 Å². The van der Waals surface area contributed by atoms with Gasteiger partial charge in [-0.3, -0.25) is 0 Å². The Kier molecular flexibility index (Phi) is 3.56. The normalized spacial score (nSPS) is 16.5. The van der Waals surface area contributed by atoms with Gasteiger partial charge < -0.3 is 9.88 Å². The van der Waals surface area contributed by atoms with Gasteiger partial charge in [-0.2, -0.15) is 0 Å². The van der Waals surface area contributed by atoms with Crippen molar-refractivity contribution in [2.75, 3.05) is 6.54 Å². The lowest BCUT2D eigenvalue weighted by Crippen LogP contribution is -2.29. The number of aromatic nitrogens is 2. The number of nitrogens with zero attached hydrogens (tertiary/aromatic N) is 2. The van der Waals surface area contributed by atoms with E-state index in [0.717, 1.165) is 24.6 Å². The standard InChI is InChI=1S/C16H23N3/c1-12-9-15-16(10-13(12)2)19(11-18-15)8-7-17-14-5-3-4-6-14/h9-11,14,17H,3-8H2,1-2H3. The van der Waals surface area contributed by atoms with Crippen LogP contribution >= 0.6 is 0 Å². The minimum Gasteiger partial charge on any atom is -0.329 e. The third kappa shape index (κ3) is 2.66. The van der Waals surface area contributed by atoms with Crippen LogP contribution in [0.15, 0.2) is 18.5 Å². The summed E-state index contributed by atoms with van der Waals surface area (Å²) in [7, 11) is 0. The van der Waals surface area contributed by atoms with Crippen LogP contribution in [0.25, 0.3) is 11.0 Å². The van der Waals surface area contributed by atoms with Crippen LogP contribution in [-0.4, -0.2) is 22.1 Å². The number of hydrogen-bond acceptors (Lipinski definition) is 2. The quantitative estimate of drug-likeness (QED) is 0.911.